The summed E-state index contributed by atoms with van der Waals surface area (Å²) in [6.45, 7) is 0.126. The molecule has 1 aromatic rings. The van der Waals surface area contributed by atoms with Crippen LogP contribution in [0.1, 0.15) is 5.56 Å². The van der Waals surface area contributed by atoms with Crippen molar-refractivity contribution in [2.24, 2.45) is 0 Å². The maximum Gasteiger partial charge on any atom is 0.441 e. The first-order valence-corrected chi connectivity index (χ1v) is 6.51. The molecule has 0 heterocycles. The van der Waals surface area contributed by atoms with E-state index in [0.29, 0.717) is 0 Å². The lowest BCUT2D eigenvalue weighted by Gasteiger charge is -2.08. The second-order valence-electron chi connectivity index (χ2n) is 3.47. The summed E-state index contributed by atoms with van der Waals surface area (Å²) in [4.78, 5) is 10.2. The van der Waals surface area contributed by atoms with Crippen molar-refractivity contribution in [2.75, 3.05) is 12.3 Å². The predicted molar refractivity (Wildman–Crippen MR) is 68.3 cm³/mol. The normalized spacial score (nSPS) is 11.6. The summed E-state index contributed by atoms with van der Waals surface area (Å²) < 4.78 is 35.6. The minimum Gasteiger partial charge on any atom is -0.312 e. The average Bonchev–Trinajstić information content (AvgIpc) is 2.28. The Morgan fingerprint density at radius 1 is 1.42 bits per heavy atom. The van der Waals surface area contributed by atoms with E-state index in [0.717, 1.165) is 0 Å². The molecule has 0 aliphatic rings. The number of benzene rings is 1. The third-order valence-corrected chi connectivity index (χ3v) is 3.23. The lowest BCUT2D eigenvalue weighted by atomic mass is 10.2. The number of nitrogens with zero attached hydrogens (tertiary/aromatic N) is 1. The van der Waals surface area contributed by atoms with Gasteiger partial charge in [-0.25, -0.2) is 0 Å². The van der Waals surface area contributed by atoms with E-state index in [-0.39, 0.29) is 46.9 Å². The first kappa shape index (κ1) is 16.1. The SMILES string of the molecule is O=[N+]([O-])c1cccc(Cl)c1CNCCSC(F)(F)F. The second-order valence-corrected chi connectivity index (χ2v) is 5.03. The number of hydrogen-bond acceptors (Lipinski definition) is 4. The Hall–Kier alpha value is -0.990. The molecule has 0 fully saturated rings. The predicted octanol–water partition coefficient (Wildman–Crippen LogP) is 3.59. The van der Waals surface area contributed by atoms with Gasteiger partial charge in [0.2, 0.25) is 0 Å². The third-order valence-electron chi connectivity index (χ3n) is 2.14. The minimum absolute atomic E-state index is 0.0500. The molecule has 0 bridgehead atoms. The summed E-state index contributed by atoms with van der Waals surface area (Å²) in [7, 11) is 0. The van der Waals surface area contributed by atoms with Crippen LogP contribution < -0.4 is 5.32 Å². The van der Waals surface area contributed by atoms with Crippen LogP contribution in [-0.4, -0.2) is 22.7 Å². The Kier molecular flexibility index (Phi) is 5.89. The van der Waals surface area contributed by atoms with Crippen LogP contribution in [0.15, 0.2) is 18.2 Å². The topological polar surface area (TPSA) is 55.2 Å². The van der Waals surface area contributed by atoms with Gasteiger partial charge in [0, 0.05) is 24.9 Å². The molecule has 0 aliphatic heterocycles. The van der Waals surface area contributed by atoms with Gasteiger partial charge in [-0.3, -0.25) is 10.1 Å². The van der Waals surface area contributed by atoms with E-state index in [1.807, 2.05) is 0 Å². The van der Waals surface area contributed by atoms with E-state index < -0.39 is 10.4 Å². The van der Waals surface area contributed by atoms with Crippen LogP contribution in [0.2, 0.25) is 5.02 Å². The van der Waals surface area contributed by atoms with Crippen LogP contribution >= 0.6 is 23.4 Å². The molecule has 0 aromatic heterocycles. The molecule has 0 aliphatic carbocycles. The van der Waals surface area contributed by atoms with E-state index in [9.17, 15) is 23.3 Å². The number of nitro benzene ring substituents is 1. The van der Waals surface area contributed by atoms with Gasteiger partial charge in [0.05, 0.1) is 15.5 Å². The van der Waals surface area contributed by atoms with Crippen molar-refractivity contribution in [3.63, 3.8) is 0 Å². The Balaban J connectivity index is 2.52. The standard InChI is InChI=1S/C10H10ClF3N2O2S/c11-8-2-1-3-9(16(17)18)7(8)6-15-4-5-19-10(12,13)14/h1-3,15H,4-6H2. The Labute approximate surface area is 116 Å². The van der Waals surface area contributed by atoms with Crippen molar-refractivity contribution in [1.29, 1.82) is 0 Å². The van der Waals surface area contributed by atoms with E-state index in [1.165, 1.54) is 18.2 Å². The number of alkyl halides is 3. The van der Waals surface area contributed by atoms with Crippen molar-refractivity contribution in [3.05, 3.63) is 38.9 Å². The van der Waals surface area contributed by atoms with Gasteiger partial charge in [-0.15, -0.1) is 0 Å². The summed E-state index contributed by atoms with van der Waals surface area (Å²) in [5, 5.41) is 13.7. The summed E-state index contributed by atoms with van der Waals surface area (Å²) in [5.74, 6) is -0.165. The van der Waals surface area contributed by atoms with E-state index in [2.05, 4.69) is 5.32 Å². The van der Waals surface area contributed by atoms with Crippen molar-refractivity contribution in [1.82, 2.24) is 5.32 Å². The fourth-order valence-corrected chi connectivity index (χ4v) is 2.06. The fraction of sp³-hybridized carbons (Fsp3) is 0.400. The second kappa shape index (κ2) is 6.97. The van der Waals surface area contributed by atoms with Gasteiger partial charge < -0.3 is 5.32 Å². The maximum absolute atomic E-state index is 11.9. The number of nitrogens with one attached hydrogen (secondary N) is 1. The molecule has 0 radical (unpaired) electrons. The molecule has 4 nitrogen and oxygen atoms in total. The van der Waals surface area contributed by atoms with Crippen molar-refractivity contribution in [3.8, 4) is 0 Å². The van der Waals surface area contributed by atoms with Crippen LogP contribution in [0.3, 0.4) is 0 Å². The lowest BCUT2D eigenvalue weighted by Crippen LogP contribution is -2.19. The number of hydrogen-bond donors (Lipinski definition) is 1. The van der Waals surface area contributed by atoms with Gasteiger partial charge in [-0.2, -0.15) is 13.2 Å². The molecule has 1 aromatic carbocycles. The molecule has 0 unspecified atom stereocenters. The highest BCUT2D eigenvalue weighted by Gasteiger charge is 2.27. The van der Waals surface area contributed by atoms with Crippen LogP contribution in [0.5, 0.6) is 0 Å². The zero-order chi connectivity index (χ0) is 14.5. The zero-order valence-corrected chi connectivity index (χ0v) is 11.1. The summed E-state index contributed by atoms with van der Waals surface area (Å²) in [6, 6.07) is 4.24. The highest BCUT2D eigenvalue weighted by atomic mass is 35.5. The molecule has 0 atom stereocenters. The van der Waals surface area contributed by atoms with Gasteiger partial charge in [-0.1, -0.05) is 17.7 Å². The lowest BCUT2D eigenvalue weighted by molar-refractivity contribution is -0.385. The third kappa shape index (κ3) is 5.66. The summed E-state index contributed by atoms with van der Waals surface area (Å²) in [5.41, 5.74) is -4.15. The average molecular weight is 315 g/mol. The highest BCUT2D eigenvalue weighted by molar-refractivity contribution is 8.00. The van der Waals surface area contributed by atoms with Gasteiger partial charge in [-0.05, 0) is 17.8 Å². The van der Waals surface area contributed by atoms with Gasteiger partial charge >= 0.3 is 5.51 Å². The summed E-state index contributed by atoms with van der Waals surface area (Å²) in [6.07, 6.45) is 0. The Bertz CT molecular complexity index is 457. The molecule has 106 valence electrons. The zero-order valence-electron chi connectivity index (χ0n) is 9.54. The fourth-order valence-electron chi connectivity index (χ4n) is 1.35. The molecule has 0 saturated heterocycles. The first-order chi connectivity index (χ1) is 8.81. The van der Waals surface area contributed by atoms with Crippen LogP contribution in [0.4, 0.5) is 18.9 Å². The number of nitro groups is 1. The van der Waals surface area contributed by atoms with E-state index in [1.54, 1.807) is 0 Å². The van der Waals surface area contributed by atoms with Gasteiger partial charge in [0.25, 0.3) is 5.69 Å². The number of halogens is 4. The smallest absolute Gasteiger partial charge is 0.312 e. The molecule has 0 amide bonds. The molecule has 1 rings (SSSR count). The molecule has 9 heteroatoms. The Morgan fingerprint density at radius 2 is 2.11 bits per heavy atom. The molecule has 1 N–H and O–H groups in total. The van der Waals surface area contributed by atoms with Crippen molar-refractivity contribution >= 4 is 29.1 Å². The molecule has 0 spiro atoms. The van der Waals surface area contributed by atoms with E-state index >= 15 is 0 Å². The molecule has 19 heavy (non-hydrogen) atoms. The maximum atomic E-state index is 11.9. The van der Waals surface area contributed by atoms with Gasteiger partial charge in [0.1, 0.15) is 0 Å². The summed E-state index contributed by atoms with van der Waals surface area (Å²) >= 11 is 5.68. The number of thioether (sulfide) groups is 1. The van der Waals surface area contributed by atoms with Crippen molar-refractivity contribution in [2.45, 2.75) is 12.1 Å². The monoisotopic (exact) mass is 314 g/mol. The first-order valence-electron chi connectivity index (χ1n) is 5.14. The van der Waals surface area contributed by atoms with Gasteiger partial charge in [0.15, 0.2) is 0 Å². The van der Waals surface area contributed by atoms with Crippen LogP contribution in [0, 0.1) is 10.1 Å². The molecular weight excluding hydrogens is 305 g/mol. The Morgan fingerprint density at radius 3 is 2.68 bits per heavy atom. The largest absolute Gasteiger partial charge is 0.441 e. The van der Waals surface area contributed by atoms with Crippen LogP contribution in [-0.2, 0) is 6.54 Å². The quantitative estimate of drug-likeness (QED) is 0.495. The van der Waals surface area contributed by atoms with E-state index in [4.69, 9.17) is 11.6 Å². The minimum atomic E-state index is -4.27. The molecular formula is C10H10ClF3N2O2S. The van der Waals surface area contributed by atoms with Crippen LogP contribution in [0.25, 0.3) is 0 Å². The molecule has 0 saturated carbocycles. The number of rotatable bonds is 6. The highest BCUT2D eigenvalue weighted by Crippen LogP contribution is 2.29. The van der Waals surface area contributed by atoms with Crippen molar-refractivity contribution < 1.29 is 18.1 Å².